The van der Waals surface area contributed by atoms with E-state index in [-0.39, 0.29) is 6.42 Å². The van der Waals surface area contributed by atoms with Gasteiger partial charge in [0.05, 0.1) is 5.92 Å². The summed E-state index contributed by atoms with van der Waals surface area (Å²) in [6.45, 7) is 0. The molecule has 0 heterocycles. The van der Waals surface area contributed by atoms with Crippen LogP contribution in [0, 0.1) is 11.8 Å². The van der Waals surface area contributed by atoms with E-state index in [0.29, 0.717) is 0 Å². The molecule has 6 heteroatoms. The molecule has 2 atom stereocenters. The highest BCUT2D eigenvalue weighted by atomic mass is 16.7. The Balaban J connectivity index is 2.86. The molecule has 0 saturated heterocycles. The maximum atomic E-state index is 10.8. The van der Waals surface area contributed by atoms with E-state index >= 15 is 0 Å². The van der Waals surface area contributed by atoms with Gasteiger partial charge >= 0.3 is 11.9 Å². The third kappa shape index (κ3) is 1.36. The van der Waals surface area contributed by atoms with Crippen molar-refractivity contribution in [2.45, 2.75) is 12.2 Å². The molecule has 1 rings (SSSR count). The Labute approximate surface area is 80.4 Å². The highest BCUT2D eigenvalue weighted by Crippen LogP contribution is 2.47. The second kappa shape index (κ2) is 3.55. The van der Waals surface area contributed by atoms with Gasteiger partial charge in [0.1, 0.15) is 5.92 Å². The average Bonchev–Trinajstić information content (AvgIpc) is 2.03. The van der Waals surface area contributed by atoms with Crippen molar-refractivity contribution in [3.63, 3.8) is 0 Å². The van der Waals surface area contributed by atoms with Gasteiger partial charge in [-0.25, -0.2) is 0 Å². The van der Waals surface area contributed by atoms with E-state index in [0.717, 1.165) is 0 Å². The number of aliphatic carboxylic acids is 2. The van der Waals surface area contributed by atoms with Gasteiger partial charge in [0.15, 0.2) is 5.79 Å². The van der Waals surface area contributed by atoms with Crippen LogP contribution in [0.25, 0.3) is 0 Å². The van der Waals surface area contributed by atoms with Crippen LogP contribution in [-0.2, 0) is 19.1 Å². The first-order valence-electron chi connectivity index (χ1n) is 4.04. The number of carboxylic acids is 2. The van der Waals surface area contributed by atoms with Crippen molar-refractivity contribution in [1.82, 2.24) is 0 Å². The van der Waals surface area contributed by atoms with E-state index in [1.165, 1.54) is 14.2 Å². The minimum atomic E-state index is -1.28. The third-order valence-corrected chi connectivity index (χ3v) is 2.65. The molecule has 0 aromatic carbocycles. The maximum absolute atomic E-state index is 10.8. The van der Waals surface area contributed by atoms with Gasteiger partial charge in [-0.05, 0) is 0 Å². The predicted molar refractivity (Wildman–Crippen MR) is 43.6 cm³/mol. The van der Waals surface area contributed by atoms with Crippen LogP contribution in [0.2, 0.25) is 0 Å². The van der Waals surface area contributed by atoms with Crippen molar-refractivity contribution < 1.29 is 29.3 Å². The maximum Gasteiger partial charge on any atom is 0.312 e. The second-order valence-electron chi connectivity index (χ2n) is 3.18. The molecule has 0 radical (unpaired) electrons. The van der Waals surface area contributed by atoms with Crippen LogP contribution in [0.15, 0.2) is 0 Å². The quantitative estimate of drug-likeness (QED) is 0.615. The van der Waals surface area contributed by atoms with Crippen molar-refractivity contribution in [3.05, 3.63) is 0 Å². The molecular weight excluding hydrogens is 192 g/mol. The lowest BCUT2D eigenvalue weighted by atomic mass is 9.67. The fourth-order valence-electron chi connectivity index (χ4n) is 1.79. The Morgan fingerprint density at radius 3 is 2.00 bits per heavy atom. The molecule has 1 aliphatic carbocycles. The number of hydrogen-bond acceptors (Lipinski definition) is 4. The molecule has 0 aromatic rings. The monoisotopic (exact) mass is 204 g/mol. The first-order chi connectivity index (χ1) is 6.48. The van der Waals surface area contributed by atoms with E-state index in [9.17, 15) is 9.59 Å². The van der Waals surface area contributed by atoms with Crippen LogP contribution in [0.3, 0.4) is 0 Å². The minimum absolute atomic E-state index is 0.0618. The number of rotatable bonds is 4. The molecule has 0 amide bonds. The van der Waals surface area contributed by atoms with Crippen LogP contribution in [-0.4, -0.2) is 42.2 Å². The number of methoxy groups -OCH3 is 2. The van der Waals surface area contributed by atoms with Gasteiger partial charge in [0, 0.05) is 20.6 Å². The molecule has 2 unspecified atom stereocenters. The van der Waals surface area contributed by atoms with Gasteiger partial charge in [-0.2, -0.15) is 0 Å². The summed E-state index contributed by atoms with van der Waals surface area (Å²) in [6.07, 6.45) is 0.0618. The standard InChI is InChI=1S/C8H12O6/c1-13-8(14-2)3-4(6(9)10)5(8)7(11)12/h4-5H,3H2,1-2H3,(H,9,10)(H,11,12). The Kier molecular flexibility index (Phi) is 2.77. The summed E-state index contributed by atoms with van der Waals surface area (Å²) in [5, 5.41) is 17.5. The summed E-state index contributed by atoms with van der Waals surface area (Å²) in [7, 11) is 2.61. The van der Waals surface area contributed by atoms with Gasteiger partial charge in [-0.3, -0.25) is 9.59 Å². The van der Waals surface area contributed by atoms with E-state index in [1.807, 2.05) is 0 Å². The predicted octanol–water partition coefficient (Wildman–Crippen LogP) is -0.219. The molecule has 0 aromatic heterocycles. The van der Waals surface area contributed by atoms with Crippen molar-refractivity contribution in [2.75, 3.05) is 14.2 Å². The zero-order chi connectivity index (χ0) is 10.9. The molecule has 1 aliphatic rings. The Morgan fingerprint density at radius 2 is 1.71 bits per heavy atom. The zero-order valence-corrected chi connectivity index (χ0v) is 7.89. The van der Waals surface area contributed by atoms with Gasteiger partial charge in [-0.15, -0.1) is 0 Å². The van der Waals surface area contributed by atoms with Crippen LogP contribution >= 0.6 is 0 Å². The lowest BCUT2D eigenvalue weighted by molar-refractivity contribution is -0.303. The van der Waals surface area contributed by atoms with Crippen molar-refractivity contribution in [2.24, 2.45) is 11.8 Å². The van der Waals surface area contributed by atoms with Crippen LogP contribution in [0.1, 0.15) is 6.42 Å². The van der Waals surface area contributed by atoms with E-state index in [4.69, 9.17) is 19.7 Å². The van der Waals surface area contributed by atoms with Crippen LogP contribution < -0.4 is 0 Å². The smallest absolute Gasteiger partial charge is 0.312 e. The normalized spacial score (nSPS) is 29.3. The molecule has 80 valence electrons. The molecule has 2 N–H and O–H groups in total. The first-order valence-corrected chi connectivity index (χ1v) is 4.04. The largest absolute Gasteiger partial charge is 0.481 e. The SMILES string of the molecule is COC1(OC)CC(C(=O)O)C1C(=O)O. The number of hydrogen-bond donors (Lipinski definition) is 2. The van der Waals surface area contributed by atoms with E-state index in [1.54, 1.807) is 0 Å². The summed E-state index contributed by atoms with van der Waals surface area (Å²) in [5.74, 6) is -5.72. The Bertz CT molecular complexity index is 257. The van der Waals surface area contributed by atoms with Crippen molar-refractivity contribution >= 4 is 11.9 Å². The Hall–Kier alpha value is -1.14. The van der Waals surface area contributed by atoms with Crippen LogP contribution in [0.4, 0.5) is 0 Å². The lowest BCUT2D eigenvalue weighted by Crippen LogP contribution is -2.62. The minimum Gasteiger partial charge on any atom is -0.481 e. The molecular formula is C8H12O6. The van der Waals surface area contributed by atoms with Crippen LogP contribution in [0.5, 0.6) is 0 Å². The molecule has 0 bridgehead atoms. The molecule has 1 saturated carbocycles. The fraction of sp³-hybridized carbons (Fsp3) is 0.750. The fourth-order valence-corrected chi connectivity index (χ4v) is 1.79. The van der Waals surface area contributed by atoms with E-state index in [2.05, 4.69) is 0 Å². The van der Waals surface area contributed by atoms with Gasteiger partial charge in [0.2, 0.25) is 0 Å². The highest BCUT2D eigenvalue weighted by Gasteiger charge is 2.62. The summed E-state index contributed by atoms with van der Waals surface area (Å²) in [4.78, 5) is 21.4. The average molecular weight is 204 g/mol. The lowest BCUT2D eigenvalue weighted by Gasteiger charge is -2.48. The molecule has 14 heavy (non-hydrogen) atoms. The van der Waals surface area contributed by atoms with Crippen molar-refractivity contribution in [1.29, 1.82) is 0 Å². The number of ether oxygens (including phenoxy) is 2. The first kappa shape index (κ1) is 10.9. The second-order valence-corrected chi connectivity index (χ2v) is 3.18. The summed E-state index contributed by atoms with van der Waals surface area (Å²) >= 11 is 0. The summed E-state index contributed by atoms with van der Waals surface area (Å²) in [5.41, 5.74) is 0. The van der Waals surface area contributed by atoms with E-state index < -0.39 is 29.6 Å². The van der Waals surface area contributed by atoms with Gasteiger partial charge in [-0.1, -0.05) is 0 Å². The molecule has 0 aliphatic heterocycles. The highest BCUT2D eigenvalue weighted by molar-refractivity contribution is 5.83. The van der Waals surface area contributed by atoms with Gasteiger partial charge < -0.3 is 19.7 Å². The molecule has 6 nitrogen and oxygen atoms in total. The zero-order valence-electron chi connectivity index (χ0n) is 7.89. The third-order valence-electron chi connectivity index (χ3n) is 2.65. The molecule has 0 spiro atoms. The number of carboxylic acid groups (broad SMARTS) is 2. The number of carbonyl (C=O) groups is 2. The van der Waals surface area contributed by atoms with Gasteiger partial charge in [0.25, 0.3) is 0 Å². The summed E-state index contributed by atoms with van der Waals surface area (Å²) < 4.78 is 9.82. The van der Waals surface area contributed by atoms with Crippen molar-refractivity contribution in [3.8, 4) is 0 Å². The Morgan fingerprint density at radius 1 is 1.21 bits per heavy atom. The molecule has 1 fully saturated rings. The topological polar surface area (TPSA) is 93.1 Å². The summed E-state index contributed by atoms with van der Waals surface area (Å²) in [6, 6.07) is 0.